The van der Waals surface area contributed by atoms with Gasteiger partial charge in [-0.1, -0.05) is 53.6 Å². The molecule has 5 rings (SSSR count). The van der Waals surface area contributed by atoms with Crippen LogP contribution in [0.3, 0.4) is 0 Å². The molecule has 0 aliphatic carbocycles. The summed E-state index contributed by atoms with van der Waals surface area (Å²) in [6.45, 7) is 3.26. The highest BCUT2D eigenvalue weighted by Gasteiger charge is 2.27. The van der Waals surface area contributed by atoms with E-state index < -0.39 is 22.5 Å². The number of hydrogen-bond acceptors (Lipinski definition) is 4. The molecular weight excluding hydrogens is 496 g/mol. The zero-order valence-corrected chi connectivity index (χ0v) is 21.2. The van der Waals surface area contributed by atoms with Gasteiger partial charge in [0.1, 0.15) is 17.7 Å². The molecule has 0 unspecified atom stereocenters. The topological polar surface area (TPSA) is 79.6 Å². The first kappa shape index (κ1) is 23.9. The molecular formula is C28H23ClN2O4S. The van der Waals surface area contributed by atoms with Gasteiger partial charge in [0, 0.05) is 27.5 Å². The Hall–Kier alpha value is -3.81. The largest absolute Gasteiger partial charge is 0.456 e. The van der Waals surface area contributed by atoms with Gasteiger partial charge in [0.15, 0.2) is 0 Å². The highest BCUT2D eigenvalue weighted by Crippen LogP contribution is 2.31. The Bertz CT molecular complexity index is 1710. The van der Waals surface area contributed by atoms with Crippen molar-refractivity contribution in [1.29, 1.82) is 0 Å². The van der Waals surface area contributed by atoms with Gasteiger partial charge in [0.25, 0.3) is 10.0 Å². The lowest BCUT2D eigenvalue weighted by molar-refractivity contribution is -0.114. The number of aryl methyl sites for hydroxylation is 2. The number of hydrogen-bond donors (Lipinski definition) is 1. The van der Waals surface area contributed by atoms with Crippen LogP contribution in [0.2, 0.25) is 5.02 Å². The number of nitrogens with zero attached hydrogens (tertiary/aromatic N) is 1. The lowest BCUT2D eigenvalue weighted by Gasteiger charge is -2.24. The van der Waals surface area contributed by atoms with Gasteiger partial charge in [-0.3, -0.25) is 9.10 Å². The van der Waals surface area contributed by atoms with Gasteiger partial charge in [-0.05, 0) is 61.9 Å². The lowest BCUT2D eigenvalue weighted by atomic mass is 10.1. The highest BCUT2D eigenvalue weighted by atomic mass is 35.5. The summed E-state index contributed by atoms with van der Waals surface area (Å²) >= 11 is 6.30. The molecule has 8 heteroatoms. The van der Waals surface area contributed by atoms with Gasteiger partial charge in [0.05, 0.1) is 10.6 Å². The second kappa shape index (κ2) is 9.33. The highest BCUT2D eigenvalue weighted by molar-refractivity contribution is 7.92. The average Bonchev–Trinajstić information content (AvgIpc) is 3.22. The van der Waals surface area contributed by atoms with Crippen LogP contribution in [0.5, 0.6) is 0 Å². The minimum atomic E-state index is -4.04. The van der Waals surface area contributed by atoms with Crippen molar-refractivity contribution in [2.75, 3.05) is 16.2 Å². The van der Waals surface area contributed by atoms with E-state index in [-0.39, 0.29) is 4.90 Å². The molecule has 182 valence electrons. The zero-order chi connectivity index (χ0) is 25.4. The number of para-hydroxylation sites is 1. The standard InChI is InChI=1S/C28H23ClN2O4S/c1-18-7-12-22(13-8-18)36(33,34)31(21-11-9-19(2)25(29)16-21)17-28(32)30-20-10-14-24-23-5-3-4-6-26(23)35-27(24)15-20/h3-16H,17H2,1-2H3,(H,30,32). The Balaban J connectivity index is 1.46. The summed E-state index contributed by atoms with van der Waals surface area (Å²) in [6, 6.07) is 24.5. The van der Waals surface area contributed by atoms with E-state index in [0.717, 1.165) is 31.8 Å². The van der Waals surface area contributed by atoms with Crippen LogP contribution in [0.15, 0.2) is 94.2 Å². The number of carbonyl (C=O) groups excluding carboxylic acids is 1. The Morgan fingerprint density at radius 3 is 2.36 bits per heavy atom. The predicted octanol–water partition coefficient (Wildman–Crippen LogP) is 6.69. The van der Waals surface area contributed by atoms with E-state index in [1.54, 1.807) is 42.5 Å². The Morgan fingerprint density at radius 2 is 1.61 bits per heavy atom. The van der Waals surface area contributed by atoms with E-state index in [1.807, 2.05) is 44.2 Å². The van der Waals surface area contributed by atoms with Crippen molar-refractivity contribution in [2.24, 2.45) is 0 Å². The minimum Gasteiger partial charge on any atom is -0.456 e. The van der Waals surface area contributed by atoms with E-state index in [9.17, 15) is 13.2 Å². The van der Waals surface area contributed by atoms with Crippen LogP contribution in [-0.4, -0.2) is 20.9 Å². The normalized spacial score (nSPS) is 11.6. The molecule has 5 aromatic rings. The molecule has 0 aliphatic rings. The smallest absolute Gasteiger partial charge is 0.264 e. The number of fused-ring (bicyclic) bond motifs is 3. The molecule has 0 spiro atoms. The summed E-state index contributed by atoms with van der Waals surface area (Å²) < 4.78 is 34.1. The van der Waals surface area contributed by atoms with Gasteiger partial charge >= 0.3 is 0 Å². The molecule has 0 atom stereocenters. The van der Waals surface area contributed by atoms with Gasteiger partial charge in [-0.25, -0.2) is 8.42 Å². The zero-order valence-electron chi connectivity index (χ0n) is 19.7. The predicted molar refractivity (Wildman–Crippen MR) is 144 cm³/mol. The van der Waals surface area contributed by atoms with Crippen molar-refractivity contribution in [2.45, 2.75) is 18.7 Å². The van der Waals surface area contributed by atoms with Crippen LogP contribution >= 0.6 is 11.6 Å². The first-order valence-electron chi connectivity index (χ1n) is 11.3. The quantitative estimate of drug-likeness (QED) is 0.271. The molecule has 0 fully saturated rings. The third-order valence-electron chi connectivity index (χ3n) is 6.00. The van der Waals surface area contributed by atoms with E-state index in [4.69, 9.17) is 16.0 Å². The molecule has 0 bridgehead atoms. The number of halogens is 1. The summed E-state index contributed by atoms with van der Waals surface area (Å²) in [5.74, 6) is -0.502. The van der Waals surface area contributed by atoms with Crippen LogP contribution < -0.4 is 9.62 Å². The maximum absolute atomic E-state index is 13.6. The third kappa shape index (κ3) is 4.55. The molecule has 1 heterocycles. The minimum absolute atomic E-state index is 0.0845. The first-order valence-corrected chi connectivity index (χ1v) is 13.1. The maximum atomic E-state index is 13.6. The van der Waals surface area contributed by atoms with Crippen molar-refractivity contribution in [3.8, 4) is 0 Å². The number of sulfonamides is 1. The number of anilines is 2. The van der Waals surface area contributed by atoms with Crippen molar-refractivity contribution < 1.29 is 17.6 Å². The molecule has 1 aromatic heterocycles. The SMILES string of the molecule is Cc1ccc(S(=O)(=O)N(CC(=O)Nc2ccc3c(c2)oc2ccccc23)c2ccc(C)c(Cl)c2)cc1. The van der Waals surface area contributed by atoms with Crippen molar-refractivity contribution in [3.63, 3.8) is 0 Å². The fourth-order valence-corrected chi connectivity index (χ4v) is 5.61. The van der Waals surface area contributed by atoms with E-state index in [2.05, 4.69) is 5.32 Å². The summed E-state index contributed by atoms with van der Waals surface area (Å²) in [6.07, 6.45) is 0. The Kier molecular flexibility index (Phi) is 6.20. The average molecular weight is 519 g/mol. The Morgan fingerprint density at radius 1 is 0.889 bits per heavy atom. The fourth-order valence-electron chi connectivity index (χ4n) is 4.02. The van der Waals surface area contributed by atoms with E-state index in [1.165, 1.54) is 12.1 Å². The van der Waals surface area contributed by atoms with Crippen LogP contribution in [0.4, 0.5) is 11.4 Å². The molecule has 0 saturated heterocycles. The summed E-state index contributed by atoms with van der Waals surface area (Å²) in [5.41, 5.74) is 3.91. The summed E-state index contributed by atoms with van der Waals surface area (Å²) in [7, 11) is -4.04. The molecule has 6 nitrogen and oxygen atoms in total. The number of rotatable bonds is 6. The number of nitrogens with one attached hydrogen (secondary N) is 1. The molecule has 0 radical (unpaired) electrons. The summed E-state index contributed by atoms with van der Waals surface area (Å²) in [5, 5.41) is 5.12. The number of furan rings is 1. The van der Waals surface area contributed by atoms with Gasteiger partial charge in [-0.15, -0.1) is 0 Å². The molecule has 4 aromatic carbocycles. The van der Waals surface area contributed by atoms with E-state index in [0.29, 0.717) is 22.0 Å². The van der Waals surface area contributed by atoms with Gasteiger partial charge in [0.2, 0.25) is 5.91 Å². The number of benzene rings is 4. The van der Waals surface area contributed by atoms with Crippen LogP contribution in [0.25, 0.3) is 21.9 Å². The monoisotopic (exact) mass is 518 g/mol. The van der Waals surface area contributed by atoms with Crippen LogP contribution in [0, 0.1) is 13.8 Å². The van der Waals surface area contributed by atoms with Crippen molar-refractivity contribution in [3.05, 3.63) is 101 Å². The molecule has 1 amide bonds. The fraction of sp³-hybridized carbons (Fsp3) is 0.107. The van der Waals surface area contributed by atoms with Crippen molar-refractivity contribution in [1.82, 2.24) is 0 Å². The van der Waals surface area contributed by atoms with Gasteiger partial charge in [-0.2, -0.15) is 0 Å². The summed E-state index contributed by atoms with van der Waals surface area (Å²) in [4.78, 5) is 13.2. The first-order chi connectivity index (χ1) is 17.2. The second-order valence-corrected chi connectivity index (χ2v) is 10.9. The molecule has 0 aliphatic heterocycles. The lowest BCUT2D eigenvalue weighted by Crippen LogP contribution is -2.38. The van der Waals surface area contributed by atoms with Gasteiger partial charge < -0.3 is 9.73 Å². The number of carbonyl (C=O) groups is 1. The molecule has 0 saturated carbocycles. The molecule has 1 N–H and O–H groups in total. The van der Waals surface area contributed by atoms with E-state index >= 15 is 0 Å². The van der Waals surface area contributed by atoms with Crippen LogP contribution in [-0.2, 0) is 14.8 Å². The number of amides is 1. The third-order valence-corrected chi connectivity index (χ3v) is 8.20. The van der Waals surface area contributed by atoms with Crippen molar-refractivity contribution >= 4 is 60.8 Å². The molecule has 36 heavy (non-hydrogen) atoms. The Labute approximate surface area is 214 Å². The van der Waals surface area contributed by atoms with Crippen LogP contribution in [0.1, 0.15) is 11.1 Å². The second-order valence-electron chi connectivity index (χ2n) is 8.62. The maximum Gasteiger partial charge on any atom is 0.264 e.